The number of rotatable bonds is 4. The molecule has 1 heterocycles. The van der Waals surface area contributed by atoms with E-state index in [0.717, 1.165) is 0 Å². The van der Waals surface area contributed by atoms with Gasteiger partial charge < -0.3 is 9.84 Å². The lowest BCUT2D eigenvalue weighted by atomic mass is 10.2. The Kier molecular flexibility index (Phi) is 4.79. The summed E-state index contributed by atoms with van der Waals surface area (Å²) < 4.78 is 5.25. The molecule has 2 rings (SSSR count). The smallest absolute Gasteiger partial charge is 0.411 e. The van der Waals surface area contributed by atoms with E-state index in [0.29, 0.717) is 5.52 Å². The highest BCUT2D eigenvalue weighted by atomic mass is 35.5. The zero-order valence-electron chi connectivity index (χ0n) is 11.0. The summed E-state index contributed by atoms with van der Waals surface area (Å²) in [6, 6.07) is 2.88. The minimum atomic E-state index is -1.52. The number of amides is 2. The van der Waals surface area contributed by atoms with Gasteiger partial charge in [-0.2, -0.15) is 0 Å². The van der Waals surface area contributed by atoms with Crippen LogP contribution in [0.2, 0.25) is 10.0 Å². The molecule has 2 N–H and O–H groups in total. The monoisotopic (exact) mass is 341 g/mol. The van der Waals surface area contributed by atoms with Crippen LogP contribution in [-0.4, -0.2) is 33.7 Å². The number of hydrogen-bond acceptors (Lipinski definition) is 5. The molecule has 22 heavy (non-hydrogen) atoms. The van der Waals surface area contributed by atoms with Gasteiger partial charge in [0.15, 0.2) is 5.69 Å². The van der Waals surface area contributed by atoms with Crippen LogP contribution in [0.25, 0.3) is 11.0 Å². The number of benzene rings is 1. The van der Waals surface area contributed by atoms with E-state index in [2.05, 4.69) is 16.5 Å². The molecule has 1 aromatic carbocycles. The van der Waals surface area contributed by atoms with Gasteiger partial charge in [0.1, 0.15) is 6.61 Å². The number of imide groups is 1. The molecule has 0 aliphatic heterocycles. The quantitative estimate of drug-likeness (QED) is 0.829. The maximum absolute atomic E-state index is 11.9. The number of aromatic nitrogens is 2. The van der Waals surface area contributed by atoms with Crippen molar-refractivity contribution in [1.82, 2.24) is 15.3 Å². The van der Waals surface area contributed by atoms with Gasteiger partial charge in [0.05, 0.1) is 21.1 Å². The van der Waals surface area contributed by atoms with Crippen LogP contribution in [0.3, 0.4) is 0 Å². The first kappa shape index (κ1) is 16.0. The lowest BCUT2D eigenvalue weighted by molar-refractivity contribution is 0.0939. The second-order valence-corrected chi connectivity index (χ2v) is 4.81. The molecule has 1 aromatic heterocycles. The molecule has 0 unspecified atom stereocenters. The summed E-state index contributed by atoms with van der Waals surface area (Å²) in [6.07, 6.45) is -0.0738. The van der Waals surface area contributed by atoms with Crippen LogP contribution in [-0.2, 0) is 0 Å². The van der Waals surface area contributed by atoms with Crippen molar-refractivity contribution >= 4 is 46.2 Å². The zero-order chi connectivity index (χ0) is 16.3. The molecule has 7 nitrogen and oxygen atoms in total. The fourth-order valence-electron chi connectivity index (χ4n) is 1.58. The first-order chi connectivity index (χ1) is 10.4. The Morgan fingerprint density at radius 2 is 1.86 bits per heavy atom. The molecule has 2 amide bonds. The second kappa shape index (κ2) is 6.59. The van der Waals surface area contributed by atoms with Crippen molar-refractivity contribution in [2.45, 2.75) is 0 Å². The Morgan fingerprint density at radius 3 is 2.41 bits per heavy atom. The first-order valence-electron chi connectivity index (χ1n) is 5.87. The molecular formula is C13H9Cl2N3O4. The van der Waals surface area contributed by atoms with Crippen LogP contribution in [0, 0.1) is 0 Å². The highest BCUT2D eigenvalue weighted by Gasteiger charge is 2.20. The first-order valence-corrected chi connectivity index (χ1v) is 6.62. The number of hydrogen-bond donors (Lipinski definition) is 2. The van der Waals surface area contributed by atoms with Gasteiger partial charge >= 0.3 is 6.09 Å². The van der Waals surface area contributed by atoms with Gasteiger partial charge in [0.2, 0.25) is 5.88 Å². The fraction of sp³-hybridized carbons (Fsp3) is 0.0769. The number of carboxylic acid groups (broad SMARTS) is 1. The van der Waals surface area contributed by atoms with Crippen LogP contribution in [0.4, 0.5) is 4.79 Å². The zero-order valence-corrected chi connectivity index (χ0v) is 12.5. The predicted molar refractivity (Wildman–Crippen MR) is 80.7 cm³/mol. The molecule has 114 valence electrons. The van der Waals surface area contributed by atoms with Crippen LogP contribution >= 0.6 is 23.2 Å². The van der Waals surface area contributed by atoms with Crippen LogP contribution in [0.15, 0.2) is 24.8 Å². The van der Waals surface area contributed by atoms with Crippen molar-refractivity contribution in [2.75, 3.05) is 6.61 Å². The SMILES string of the molecule is C=CCOc1nc2cc(Cl)c(Cl)cc2nc1C(=O)NC(=O)O. The fourth-order valence-corrected chi connectivity index (χ4v) is 1.89. The van der Waals surface area contributed by atoms with Crippen molar-refractivity contribution < 1.29 is 19.4 Å². The lowest BCUT2D eigenvalue weighted by Crippen LogP contribution is -2.30. The van der Waals surface area contributed by atoms with Crippen LogP contribution < -0.4 is 10.1 Å². The molecule has 0 aliphatic rings. The lowest BCUT2D eigenvalue weighted by Gasteiger charge is -2.09. The molecule has 0 fully saturated rings. The average molecular weight is 342 g/mol. The summed E-state index contributed by atoms with van der Waals surface area (Å²) in [5.41, 5.74) is 0.339. The molecule has 0 saturated carbocycles. The van der Waals surface area contributed by atoms with Crippen molar-refractivity contribution in [3.05, 3.63) is 40.5 Å². The van der Waals surface area contributed by atoms with Gasteiger partial charge in [-0.15, -0.1) is 0 Å². The molecule has 0 saturated heterocycles. The van der Waals surface area contributed by atoms with E-state index in [-0.39, 0.29) is 33.7 Å². The minimum Gasteiger partial charge on any atom is -0.472 e. The summed E-state index contributed by atoms with van der Waals surface area (Å²) in [6.45, 7) is 3.54. The molecule has 0 spiro atoms. The molecule has 9 heteroatoms. The van der Waals surface area contributed by atoms with Gasteiger partial charge in [0, 0.05) is 0 Å². The normalized spacial score (nSPS) is 10.3. The van der Waals surface area contributed by atoms with Crippen molar-refractivity contribution in [3.63, 3.8) is 0 Å². The molecule has 0 atom stereocenters. The van der Waals surface area contributed by atoms with Gasteiger partial charge in [-0.3, -0.25) is 10.1 Å². The number of nitrogens with zero attached hydrogens (tertiary/aromatic N) is 2. The third-order valence-corrected chi connectivity index (χ3v) is 3.17. The number of carbonyl (C=O) groups is 2. The Bertz CT molecular complexity index is 779. The number of fused-ring (bicyclic) bond motifs is 1. The Morgan fingerprint density at radius 1 is 1.27 bits per heavy atom. The van der Waals surface area contributed by atoms with Gasteiger partial charge in [-0.25, -0.2) is 14.8 Å². The molecule has 0 radical (unpaired) electrons. The van der Waals surface area contributed by atoms with Crippen molar-refractivity contribution in [2.24, 2.45) is 0 Å². The van der Waals surface area contributed by atoms with E-state index in [9.17, 15) is 9.59 Å². The predicted octanol–water partition coefficient (Wildman–Crippen LogP) is 2.91. The highest BCUT2D eigenvalue weighted by molar-refractivity contribution is 6.42. The summed E-state index contributed by atoms with van der Waals surface area (Å²) in [4.78, 5) is 30.6. The summed E-state index contributed by atoms with van der Waals surface area (Å²) in [5.74, 6) is -1.10. The number of ether oxygens (including phenoxy) is 1. The van der Waals surface area contributed by atoms with E-state index >= 15 is 0 Å². The van der Waals surface area contributed by atoms with Gasteiger partial charge in [0.25, 0.3) is 5.91 Å². The maximum atomic E-state index is 11.9. The summed E-state index contributed by atoms with van der Waals surface area (Å²) in [5, 5.41) is 10.8. The maximum Gasteiger partial charge on any atom is 0.411 e. The van der Waals surface area contributed by atoms with Crippen LogP contribution in [0.5, 0.6) is 5.88 Å². The third kappa shape index (κ3) is 3.44. The highest BCUT2D eigenvalue weighted by Crippen LogP contribution is 2.28. The molecule has 2 aromatic rings. The van der Waals surface area contributed by atoms with Crippen LogP contribution in [0.1, 0.15) is 10.5 Å². The van der Waals surface area contributed by atoms with Gasteiger partial charge in [-0.05, 0) is 12.1 Å². The standard InChI is InChI=1S/C13H9Cl2N3O4/c1-2-3-22-12-10(11(19)18-13(20)21)16-8-4-6(14)7(15)5-9(8)17-12/h2,4-5H,1,3H2,(H,18,19)(H,20,21). The number of carbonyl (C=O) groups excluding carboxylic acids is 1. The van der Waals surface area contributed by atoms with E-state index in [4.69, 9.17) is 33.0 Å². The number of nitrogens with one attached hydrogen (secondary N) is 1. The number of halogens is 2. The Hall–Kier alpha value is -2.38. The minimum absolute atomic E-state index is 0.0643. The van der Waals surface area contributed by atoms with Crippen molar-refractivity contribution in [1.29, 1.82) is 0 Å². The third-order valence-electron chi connectivity index (χ3n) is 2.45. The second-order valence-electron chi connectivity index (χ2n) is 3.99. The summed E-state index contributed by atoms with van der Waals surface area (Å²) in [7, 11) is 0. The largest absolute Gasteiger partial charge is 0.472 e. The van der Waals surface area contributed by atoms with Gasteiger partial charge in [-0.1, -0.05) is 35.9 Å². The average Bonchev–Trinajstić information content (AvgIpc) is 2.45. The van der Waals surface area contributed by atoms with E-state index in [1.54, 1.807) is 5.32 Å². The van der Waals surface area contributed by atoms with E-state index < -0.39 is 12.0 Å². The van der Waals surface area contributed by atoms with E-state index in [1.807, 2.05) is 0 Å². The summed E-state index contributed by atoms with van der Waals surface area (Å²) >= 11 is 11.8. The topological polar surface area (TPSA) is 101 Å². The van der Waals surface area contributed by atoms with Crippen molar-refractivity contribution in [3.8, 4) is 5.88 Å². The molecule has 0 bridgehead atoms. The van der Waals surface area contributed by atoms with E-state index in [1.165, 1.54) is 18.2 Å². The molecule has 0 aliphatic carbocycles. The Labute approximate surface area is 134 Å². The molecular weight excluding hydrogens is 333 g/mol. The Balaban J connectivity index is 2.59.